The molecule has 2 rings (SSSR count). The average Bonchev–Trinajstić information content (AvgIpc) is 2.70. The molecule has 1 aromatic rings. The molecule has 1 saturated carbocycles. The van der Waals surface area contributed by atoms with E-state index in [0.717, 1.165) is 0 Å². The van der Waals surface area contributed by atoms with E-state index in [1.165, 1.54) is 4.68 Å². The van der Waals surface area contributed by atoms with Crippen LogP contribution in [0.3, 0.4) is 0 Å². The molecule has 0 radical (unpaired) electrons. The van der Waals surface area contributed by atoms with Crippen molar-refractivity contribution in [1.29, 1.82) is 0 Å². The lowest BCUT2D eigenvalue weighted by Crippen LogP contribution is -2.29. The fourth-order valence-corrected chi connectivity index (χ4v) is 2.45. The molecule has 2 N–H and O–H groups in total. The van der Waals surface area contributed by atoms with Crippen LogP contribution >= 0.6 is 15.9 Å². The summed E-state index contributed by atoms with van der Waals surface area (Å²) in [5.41, 5.74) is 0.885. The van der Waals surface area contributed by atoms with Crippen molar-refractivity contribution in [2.75, 3.05) is 17.9 Å². The van der Waals surface area contributed by atoms with Gasteiger partial charge in [-0.15, -0.1) is 0 Å². The van der Waals surface area contributed by atoms with E-state index < -0.39 is 5.92 Å². The minimum atomic E-state index is -2.54. The van der Waals surface area contributed by atoms with Crippen LogP contribution in [0.5, 0.6) is 5.75 Å². The Balaban J connectivity index is 2.05. The molecule has 0 spiro atoms. The summed E-state index contributed by atoms with van der Waals surface area (Å²) in [5, 5.41) is 0. The van der Waals surface area contributed by atoms with E-state index in [4.69, 9.17) is 10.6 Å². The molecule has 0 saturated heterocycles. The number of alkyl halides is 3. The lowest BCUT2D eigenvalue weighted by atomic mass is 10.1. The van der Waals surface area contributed by atoms with Crippen LogP contribution in [-0.2, 0) is 0 Å². The lowest BCUT2D eigenvalue weighted by molar-refractivity contribution is 0.00288. The van der Waals surface area contributed by atoms with Crippen LogP contribution < -0.4 is 16.1 Å². The summed E-state index contributed by atoms with van der Waals surface area (Å²) in [6.45, 7) is 0.268. The van der Waals surface area contributed by atoms with Crippen molar-refractivity contribution in [2.24, 2.45) is 10.9 Å². The first kappa shape index (κ1) is 14.3. The van der Waals surface area contributed by atoms with Gasteiger partial charge in [-0.2, -0.15) is 0 Å². The highest BCUT2D eigenvalue weighted by atomic mass is 79.9. The van der Waals surface area contributed by atoms with Crippen LogP contribution in [0.2, 0.25) is 0 Å². The molecular weight excluding hydrogens is 320 g/mol. The van der Waals surface area contributed by atoms with Crippen LogP contribution in [0, 0.1) is 5.92 Å². The molecule has 1 aromatic heterocycles. The molecule has 0 aliphatic heterocycles. The molecule has 0 aromatic carbocycles. The Bertz CT molecular complexity index is 504. The first-order valence-corrected chi connectivity index (χ1v) is 7.18. The van der Waals surface area contributed by atoms with E-state index in [9.17, 15) is 8.78 Å². The van der Waals surface area contributed by atoms with Crippen molar-refractivity contribution < 1.29 is 13.5 Å². The van der Waals surface area contributed by atoms with Gasteiger partial charge in [0.25, 0.3) is 0 Å². The predicted molar refractivity (Wildman–Crippen MR) is 71.7 cm³/mol. The van der Waals surface area contributed by atoms with Crippen LogP contribution in [-0.4, -0.2) is 22.7 Å². The molecule has 1 unspecified atom stereocenters. The SMILES string of the molecule is Nn1cccc(OCC2CCC(F)(F)C2)/c1=N/CBr. The molecule has 106 valence electrons. The normalized spacial score (nSPS) is 22.7. The Morgan fingerprint density at radius 3 is 3.00 bits per heavy atom. The summed E-state index contributed by atoms with van der Waals surface area (Å²) in [4.78, 5) is 4.16. The summed E-state index contributed by atoms with van der Waals surface area (Å²) >= 11 is 3.20. The molecule has 1 fully saturated rings. The third kappa shape index (κ3) is 3.68. The fraction of sp³-hybridized carbons (Fsp3) is 0.583. The number of nitrogens with two attached hydrogens (primary N) is 1. The molecule has 1 aliphatic carbocycles. The second-order valence-electron chi connectivity index (χ2n) is 4.66. The van der Waals surface area contributed by atoms with E-state index in [1.807, 2.05) is 0 Å². The van der Waals surface area contributed by atoms with Crippen molar-refractivity contribution >= 4 is 15.9 Å². The van der Waals surface area contributed by atoms with Crippen LogP contribution in [0.4, 0.5) is 8.78 Å². The van der Waals surface area contributed by atoms with E-state index in [0.29, 0.717) is 23.1 Å². The largest absolute Gasteiger partial charge is 0.489 e. The number of hydrogen-bond donors (Lipinski definition) is 1. The first-order chi connectivity index (χ1) is 9.02. The first-order valence-electron chi connectivity index (χ1n) is 6.06. The third-order valence-corrected chi connectivity index (χ3v) is 3.40. The van der Waals surface area contributed by atoms with Gasteiger partial charge in [0.2, 0.25) is 5.92 Å². The number of pyridine rings is 1. The van der Waals surface area contributed by atoms with Crippen molar-refractivity contribution in [3.63, 3.8) is 0 Å². The quantitative estimate of drug-likeness (QED) is 0.521. The molecule has 1 heterocycles. The minimum Gasteiger partial charge on any atom is -0.489 e. The maximum absolute atomic E-state index is 13.1. The zero-order valence-electron chi connectivity index (χ0n) is 10.4. The van der Waals surface area contributed by atoms with Gasteiger partial charge < -0.3 is 10.6 Å². The van der Waals surface area contributed by atoms with Crippen LogP contribution in [0.1, 0.15) is 19.3 Å². The Kier molecular flexibility index (Phi) is 4.44. The van der Waals surface area contributed by atoms with E-state index in [1.54, 1.807) is 18.3 Å². The molecule has 0 amide bonds. The zero-order valence-corrected chi connectivity index (χ0v) is 11.9. The summed E-state index contributed by atoms with van der Waals surface area (Å²) in [5.74, 6) is 3.60. The van der Waals surface area contributed by atoms with Crippen LogP contribution in [0.15, 0.2) is 23.3 Å². The predicted octanol–water partition coefficient (Wildman–Crippen LogP) is 2.27. The zero-order chi connectivity index (χ0) is 13.9. The van der Waals surface area contributed by atoms with Gasteiger partial charge in [-0.05, 0) is 24.5 Å². The molecule has 1 atom stereocenters. The van der Waals surface area contributed by atoms with Crippen molar-refractivity contribution in [2.45, 2.75) is 25.2 Å². The fourth-order valence-electron chi connectivity index (χ4n) is 2.22. The van der Waals surface area contributed by atoms with Gasteiger partial charge in [0.05, 0.1) is 12.1 Å². The highest BCUT2D eigenvalue weighted by Crippen LogP contribution is 2.38. The molecule has 7 heteroatoms. The van der Waals surface area contributed by atoms with Crippen LogP contribution in [0.25, 0.3) is 0 Å². The van der Waals surface area contributed by atoms with Crippen molar-refractivity contribution in [1.82, 2.24) is 4.68 Å². The number of aromatic nitrogens is 1. The summed E-state index contributed by atoms with van der Waals surface area (Å²) < 4.78 is 33.1. The Morgan fingerprint density at radius 1 is 1.58 bits per heavy atom. The summed E-state index contributed by atoms with van der Waals surface area (Å²) in [7, 11) is 0. The van der Waals surface area contributed by atoms with Gasteiger partial charge in [0, 0.05) is 19.0 Å². The maximum atomic E-state index is 13.1. The molecule has 1 aliphatic rings. The molecular formula is C12H16BrF2N3O. The minimum absolute atomic E-state index is 0.0503. The number of ether oxygens (including phenoxy) is 1. The van der Waals surface area contributed by atoms with Gasteiger partial charge in [-0.25, -0.2) is 13.5 Å². The number of hydrogen-bond acceptors (Lipinski definition) is 3. The smallest absolute Gasteiger partial charge is 0.248 e. The number of nitrogens with zero attached hydrogens (tertiary/aromatic N) is 2. The molecule has 0 bridgehead atoms. The van der Waals surface area contributed by atoms with Gasteiger partial charge in [-0.1, -0.05) is 15.9 Å². The van der Waals surface area contributed by atoms with Gasteiger partial charge in [0.15, 0.2) is 11.2 Å². The van der Waals surface area contributed by atoms with Gasteiger partial charge >= 0.3 is 0 Å². The van der Waals surface area contributed by atoms with E-state index in [2.05, 4.69) is 20.9 Å². The standard InChI is InChI=1S/C12H16BrF2N3O/c13-8-17-11-10(2-1-5-18(11)16)19-7-9-3-4-12(14,15)6-9/h1-2,5,9H,3-4,6-8,16H2/b17-11-. The number of halogens is 3. The monoisotopic (exact) mass is 335 g/mol. The highest BCUT2D eigenvalue weighted by molar-refractivity contribution is 9.09. The second-order valence-corrected chi connectivity index (χ2v) is 5.16. The third-order valence-electron chi connectivity index (χ3n) is 3.15. The van der Waals surface area contributed by atoms with E-state index >= 15 is 0 Å². The van der Waals surface area contributed by atoms with E-state index in [-0.39, 0.29) is 25.4 Å². The second kappa shape index (κ2) is 5.90. The molecule has 19 heavy (non-hydrogen) atoms. The number of rotatable bonds is 4. The Hall–Kier alpha value is -1.11. The van der Waals surface area contributed by atoms with Crippen molar-refractivity contribution in [3.8, 4) is 5.75 Å². The average molecular weight is 336 g/mol. The highest BCUT2D eigenvalue weighted by Gasteiger charge is 2.39. The Labute approximate surface area is 118 Å². The molecule has 4 nitrogen and oxygen atoms in total. The van der Waals surface area contributed by atoms with Gasteiger partial charge in [-0.3, -0.25) is 4.99 Å². The number of nitrogen functional groups attached to an aromatic ring is 1. The Morgan fingerprint density at radius 2 is 2.37 bits per heavy atom. The lowest BCUT2D eigenvalue weighted by Gasteiger charge is -2.13. The topological polar surface area (TPSA) is 52.5 Å². The summed E-state index contributed by atoms with van der Waals surface area (Å²) in [6.07, 6.45) is 1.99. The van der Waals surface area contributed by atoms with Crippen molar-refractivity contribution in [3.05, 3.63) is 23.8 Å². The maximum Gasteiger partial charge on any atom is 0.248 e. The van der Waals surface area contributed by atoms with Gasteiger partial charge in [0.1, 0.15) is 0 Å². The summed E-state index contributed by atoms with van der Waals surface area (Å²) in [6, 6.07) is 3.46.